The third-order valence-electron chi connectivity index (χ3n) is 2.59. The Kier molecular flexibility index (Phi) is 2.75. The van der Waals surface area contributed by atoms with Gasteiger partial charge in [-0.3, -0.25) is 4.79 Å². The average molecular weight is 218 g/mol. The molecule has 0 spiro atoms. The van der Waals surface area contributed by atoms with Gasteiger partial charge in [0, 0.05) is 6.42 Å². The maximum atomic E-state index is 11.4. The monoisotopic (exact) mass is 218 g/mol. The number of carbonyl (C=O) groups is 1. The number of aryl methyl sites for hydroxylation is 1. The fourth-order valence-corrected chi connectivity index (χ4v) is 1.70. The van der Waals surface area contributed by atoms with Crippen LogP contribution in [0.15, 0.2) is 18.2 Å². The molecule has 4 heteroatoms. The highest BCUT2D eigenvalue weighted by molar-refractivity contribution is 5.85. The predicted octanol–water partition coefficient (Wildman–Crippen LogP) is 1.88. The number of fused-ring (bicyclic) bond motifs is 1. The summed E-state index contributed by atoms with van der Waals surface area (Å²) >= 11 is 0. The summed E-state index contributed by atoms with van der Waals surface area (Å²) in [4.78, 5) is 18.7. The summed E-state index contributed by atoms with van der Waals surface area (Å²) < 4.78 is 0. The van der Waals surface area contributed by atoms with Crippen LogP contribution in [0, 0.1) is 6.92 Å². The van der Waals surface area contributed by atoms with Crippen molar-refractivity contribution in [3.8, 4) is 0 Å². The van der Waals surface area contributed by atoms with E-state index in [1.807, 2.05) is 6.92 Å². The number of hydrogen-bond donors (Lipinski definition) is 2. The van der Waals surface area contributed by atoms with Crippen molar-refractivity contribution in [2.45, 2.75) is 26.4 Å². The Labute approximate surface area is 93.3 Å². The number of rotatable bonds is 3. The molecule has 2 N–H and O–H groups in total. The third kappa shape index (κ3) is 1.84. The van der Waals surface area contributed by atoms with E-state index in [1.165, 1.54) is 0 Å². The van der Waals surface area contributed by atoms with Gasteiger partial charge >= 0.3 is 0 Å². The third-order valence-corrected chi connectivity index (χ3v) is 2.59. The molecule has 4 nitrogen and oxygen atoms in total. The minimum absolute atomic E-state index is 0.171. The number of nitrogens with zero attached hydrogens (tertiary/aromatic N) is 1. The van der Waals surface area contributed by atoms with Gasteiger partial charge in [-0.25, -0.2) is 4.98 Å². The Morgan fingerprint density at radius 3 is 3.00 bits per heavy atom. The zero-order valence-corrected chi connectivity index (χ0v) is 9.32. The Morgan fingerprint density at radius 1 is 1.56 bits per heavy atom. The lowest BCUT2D eigenvalue weighted by Crippen LogP contribution is -2.10. The van der Waals surface area contributed by atoms with Crippen LogP contribution in [0.25, 0.3) is 11.0 Å². The highest BCUT2D eigenvalue weighted by Gasteiger charge is 2.15. The van der Waals surface area contributed by atoms with Gasteiger partial charge in [-0.05, 0) is 24.6 Å². The molecule has 1 atom stereocenters. The van der Waals surface area contributed by atoms with E-state index in [0.29, 0.717) is 12.0 Å². The topological polar surface area (TPSA) is 66.0 Å². The van der Waals surface area contributed by atoms with E-state index in [4.69, 9.17) is 0 Å². The second kappa shape index (κ2) is 4.06. The number of aromatic amines is 1. The predicted molar refractivity (Wildman–Crippen MR) is 61.1 cm³/mol. The van der Waals surface area contributed by atoms with Crippen LogP contribution in [0.4, 0.5) is 0 Å². The molecule has 1 aromatic carbocycles. The van der Waals surface area contributed by atoms with Gasteiger partial charge in [0.1, 0.15) is 11.9 Å². The molecule has 16 heavy (non-hydrogen) atoms. The molecule has 1 aromatic heterocycles. The van der Waals surface area contributed by atoms with Crippen LogP contribution in [0.2, 0.25) is 0 Å². The Hall–Kier alpha value is -1.68. The molecular formula is C12H14N2O2. The molecular weight excluding hydrogens is 204 g/mol. The number of H-pyrrole nitrogens is 1. The molecule has 2 rings (SSSR count). The van der Waals surface area contributed by atoms with Crippen LogP contribution in [-0.2, 0) is 4.79 Å². The molecule has 1 heterocycles. The molecule has 84 valence electrons. The van der Waals surface area contributed by atoms with Crippen molar-refractivity contribution < 1.29 is 9.90 Å². The van der Waals surface area contributed by atoms with Crippen molar-refractivity contribution in [2.24, 2.45) is 0 Å². The van der Waals surface area contributed by atoms with Crippen LogP contribution >= 0.6 is 0 Å². The molecule has 0 aliphatic rings. The van der Waals surface area contributed by atoms with Crippen molar-refractivity contribution in [3.05, 3.63) is 29.6 Å². The number of aromatic nitrogens is 2. The van der Waals surface area contributed by atoms with Gasteiger partial charge in [-0.1, -0.05) is 13.0 Å². The highest BCUT2D eigenvalue weighted by Crippen LogP contribution is 2.20. The molecule has 2 aromatic rings. The number of ketones is 1. The number of aliphatic hydroxyl groups is 1. The number of carbonyl (C=O) groups excluding carboxylic acids is 1. The Bertz CT molecular complexity index is 531. The number of nitrogens with one attached hydrogen (secondary N) is 1. The van der Waals surface area contributed by atoms with Gasteiger partial charge in [0.2, 0.25) is 0 Å². The van der Waals surface area contributed by atoms with Gasteiger partial charge in [0.15, 0.2) is 5.78 Å². The van der Waals surface area contributed by atoms with E-state index in [2.05, 4.69) is 9.97 Å². The number of imidazole rings is 1. The minimum atomic E-state index is -1.03. The van der Waals surface area contributed by atoms with Crippen molar-refractivity contribution in [3.63, 3.8) is 0 Å². The smallest absolute Gasteiger partial charge is 0.165 e. The molecule has 0 saturated heterocycles. The van der Waals surface area contributed by atoms with E-state index < -0.39 is 6.10 Å². The first-order chi connectivity index (χ1) is 7.61. The molecule has 0 amide bonds. The van der Waals surface area contributed by atoms with Crippen molar-refractivity contribution in [1.82, 2.24) is 9.97 Å². The second-order valence-electron chi connectivity index (χ2n) is 3.82. The summed E-state index contributed by atoms with van der Waals surface area (Å²) in [6, 6.07) is 5.31. The summed E-state index contributed by atoms with van der Waals surface area (Å²) in [5, 5.41) is 9.77. The van der Waals surface area contributed by atoms with Gasteiger partial charge in [0.25, 0.3) is 0 Å². The fraction of sp³-hybridized carbons (Fsp3) is 0.333. The van der Waals surface area contributed by atoms with Crippen LogP contribution in [0.3, 0.4) is 0 Å². The van der Waals surface area contributed by atoms with Crippen molar-refractivity contribution in [1.29, 1.82) is 0 Å². The lowest BCUT2D eigenvalue weighted by atomic mass is 10.0. The Morgan fingerprint density at radius 2 is 2.31 bits per heavy atom. The average Bonchev–Trinajstić information content (AvgIpc) is 2.65. The first kappa shape index (κ1) is 10.8. The zero-order chi connectivity index (χ0) is 11.7. The summed E-state index contributed by atoms with van der Waals surface area (Å²) in [7, 11) is 0. The molecule has 0 aliphatic carbocycles. The first-order valence-electron chi connectivity index (χ1n) is 5.29. The van der Waals surface area contributed by atoms with Crippen LogP contribution < -0.4 is 0 Å². The fourth-order valence-electron chi connectivity index (χ4n) is 1.70. The lowest BCUT2D eigenvalue weighted by molar-refractivity contribution is -0.127. The Balaban J connectivity index is 2.42. The highest BCUT2D eigenvalue weighted by atomic mass is 16.3. The van der Waals surface area contributed by atoms with E-state index in [1.54, 1.807) is 25.1 Å². The number of benzene rings is 1. The van der Waals surface area contributed by atoms with E-state index in [-0.39, 0.29) is 5.78 Å². The van der Waals surface area contributed by atoms with E-state index in [0.717, 1.165) is 16.9 Å². The first-order valence-corrected chi connectivity index (χ1v) is 5.29. The maximum absolute atomic E-state index is 11.4. The van der Waals surface area contributed by atoms with Gasteiger partial charge < -0.3 is 10.1 Å². The van der Waals surface area contributed by atoms with Crippen molar-refractivity contribution >= 4 is 16.8 Å². The SMILES string of the molecule is CCC(=O)C(O)c1ccc2nc(C)[nH]c2c1. The van der Waals surface area contributed by atoms with Gasteiger partial charge in [0.05, 0.1) is 11.0 Å². The number of Topliss-reactive ketones (excluding diaryl/α,β-unsaturated/α-hetero) is 1. The van der Waals surface area contributed by atoms with E-state index in [9.17, 15) is 9.90 Å². The number of hydrogen-bond acceptors (Lipinski definition) is 3. The van der Waals surface area contributed by atoms with Crippen LogP contribution in [0.5, 0.6) is 0 Å². The molecule has 0 fully saturated rings. The molecule has 1 unspecified atom stereocenters. The minimum Gasteiger partial charge on any atom is -0.381 e. The molecule has 0 bridgehead atoms. The van der Waals surface area contributed by atoms with Gasteiger partial charge in [-0.2, -0.15) is 0 Å². The van der Waals surface area contributed by atoms with Crippen molar-refractivity contribution in [2.75, 3.05) is 0 Å². The molecule has 0 saturated carbocycles. The maximum Gasteiger partial charge on any atom is 0.165 e. The second-order valence-corrected chi connectivity index (χ2v) is 3.82. The van der Waals surface area contributed by atoms with E-state index >= 15 is 0 Å². The quantitative estimate of drug-likeness (QED) is 0.826. The standard InChI is InChI=1S/C12H14N2O2/c1-3-11(15)12(16)8-4-5-9-10(6-8)14-7(2)13-9/h4-6,12,16H,3H2,1-2H3,(H,13,14). The van der Waals surface area contributed by atoms with Gasteiger partial charge in [-0.15, -0.1) is 0 Å². The molecule has 0 radical (unpaired) electrons. The van der Waals surface area contributed by atoms with Crippen LogP contribution in [-0.4, -0.2) is 20.9 Å². The summed E-state index contributed by atoms with van der Waals surface area (Å²) in [5.74, 6) is 0.652. The lowest BCUT2D eigenvalue weighted by Gasteiger charge is -2.07. The number of aliphatic hydroxyl groups excluding tert-OH is 1. The largest absolute Gasteiger partial charge is 0.381 e. The molecule has 0 aliphatic heterocycles. The van der Waals surface area contributed by atoms with Crippen LogP contribution in [0.1, 0.15) is 30.8 Å². The zero-order valence-electron chi connectivity index (χ0n) is 9.32. The summed E-state index contributed by atoms with van der Waals surface area (Å²) in [6.45, 7) is 3.61. The summed E-state index contributed by atoms with van der Waals surface area (Å²) in [6.07, 6.45) is -0.695. The summed E-state index contributed by atoms with van der Waals surface area (Å²) in [5.41, 5.74) is 2.30. The normalized spacial score (nSPS) is 12.9.